The minimum atomic E-state index is -3.98. The van der Waals surface area contributed by atoms with Crippen LogP contribution in [0.15, 0.2) is 82.2 Å². The molecule has 3 aromatic carbocycles. The Hall–Kier alpha value is -3.04. The summed E-state index contributed by atoms with van der Waals surface area (Å²) in [6.45, 7) is 1.40. The number of benzene rings is 3. The van der Waals surface area contributed by atoms with Crippen molar-refractivity contribution in [2.75, 3.05) is 25.1 Å². The van der Waals surface area contributed by atoms with Crippen molar-refractivity contribution in [3.8, 4) is 11.5 Å². The summed E-state index contributed by atoms with van der Waals surface area (Å²) >= 11 is 3.37. The molecule has 0 radical (unpaired) electrons. The van der Waals surface area contributed by atoms with E-state index in [2.05, 4.69) is 21.2 Å². The molecule has 0 aromatic heterocycles. The van der Waals surface area contributed by atoms with Crippen LogP contribution in [0, 0.1) is 0 Å². The van der Waals surface area contributed by atoms with Gasteiger partial charge in [0.1, 0.15) is 18.0 Å². The lowest BCUT2D eigenvalue weighted by Crippen LogP contribution is -2.41. The van der Waals surface area contributed by atoms with E-state index in [1.807, 2.05) is 0 Å². The average molecular weight is 533 g/mol. The van der Waals surface area contributed by atoms with E-state index in [9.17, 15) is 13.2 Å². The Balaban J connectivity index is 1.90. The van der Waals surface area contributed by atoms with Gasteiger partial charge in [0.05, 0.1) is 30.8 Å². The van der Waals surface area contributed by atoms with Gasteiger partial charge in [0.25, 0.3) is 10.0 Å². The molecule has 33 heavy (non-hydrogen) atoms. The van der Waals surface area contributed by atoms with E-state index in [-0.39, 0.29) is 4.90 Å². The number of hydrogen-bond donors (Lipinski definition) is 1. The maximum Gasteiger partial charge on any atom is 0.264 e. The third kappa shape index (κ3) is 5.85. The van der Waals surface area contributed by atoms with Crippen LogP contribution in [0.4, 0.5) is 5.69 Å². The van der Waals surface area contributed by atoms with Gasteiger partial charge in [-0.15, -0.1) is 0 Å². The van der Waals surface area contributed by atoms with Gasteiger partial charge in [-0.25, -0.2) is 8.42 Å². The summed E-state index contributed by atoms with van der Waals surface area (Å²) in [7, 11) is -0.885. The number of hydrogen-bond acceptors (Lipinski definition) is 5. The number of nitrogens with one attached hydrogen (secondary N) is 1. The van der Waals surface area contributed by atoms with Gasteiger partial charge < -0.3 is 14.8 Å². The molecule has 1 amide bonds. The third-order valence-corrected chi connectivity index (χ3v) is 7.28. The summed E-state index contributed by atoms with van der Waals surface area (Å²) in [6, 6.07) is 19.7. The second-order valence-corrected chi connectivity index (χ2v) is 9.98. The fourth-order valence-corrected chi connectivity index (χ4v) is 5.16. The molecule has 0 spiro atoms. The summed E-state index contributed by atoms with van der Waals surface area (Å²) in [4.78, 5) is 13.1. The lowest BCUT2D eigenvalue weighted by atomic mass is 10.1. The molecule has 3 rings (SSSR count). The summed E-state index contributed by atoms with van der Waals surface area (Å²) in [6.07, 6.45) is 0. The van der Waals surface area contributed by atoms with Crippen LogP contribution in [-0.4, -0.2) is 35.1 Å². The Bertz CT molecular complexity index is 1220. The average Bonchev–Trinajstić information content (AvgIpc) is 2.82. The SMILES string of the molecule is COc1ccc(OC)c([C@@H](C)NC(=O)CN(c2cccc(Br)c2)S(=O)(=O)c2ccccc2)c1. The van der Waals surface area contributed by atoms with Crippen LogP contribution in [0.25, 0.3) is 0 Å². The molecule has 0 aliphatic carbocycles. The maximum absolute atomic E-state index is 13.4. The van der Waals surface area contributed by atoms with Gasteiger partial charge in [-0.1, -0.05) is 40.2 Å². The second-order valence-electron chi connectivity index (χ2n) is 7.20. The van der Waals surface area contributed by atoms with Crippen LogP contribution >= 0.6 is 15.9 Å². The van der Waals surface area contributed by atoms with Crippen LogP contribution in [0.1, 0.15) is 18.5 Å². The highest BCUT2D eigenvalue weighted by molar-refractivity contribution is 9.10. The first-order chi connectivity index (χ1) is 15.8. The molecule has 0 unspecified atom stereocenters. The molecule has 174 valence electrons. The highest BCUT2D eigenvalue weighted by atomic mass is 79.9. The van der Waals surface area contributed by atoms with Crippen molar-refractivity contribution in [3.63, 3.8) is 0 Å². The Morgan fingerprint density at radius 2 is 1.73 bits per heavy atom. The number of nitrogens with zero attached hydrogens (tertiary/aromatic N) is 1. The maximum atomic E-state index is 13.4. The highest BCUT2D eigenvalue weighted by Crippen LogP contribution is 2.30. The van der Waals surface area contributed by atoms with E-state index in [1.165, 1.54) is 12.1 Å². The van der Waals surface area contributed by atoms with Gasteiger partial charge in [-0.3, -0.25) is 9.10 Å². The topological polar surface area (TPSA) is 84.9 Å². The van der Waals surface area contributed by atoms with Crippen molar-refractivity contribution in [2.24, 2.45) is 0 Å². The fourth-order valence-electron chi connectivity index (χ4n) is 3.34. The number of carbonyl (C=O) groups excluding carboxylic acids is 1. The summed E-state index contributed by atoms with van der Waals surface area (Å²) in [5, 5.41) is 2.87. The van der Waals surface area contributed by atoms with Gasteiger partial charge in [0, 0.05) is 10.0 Å². The van der Waals surface area contributed by atoms with E-state index in [0.29, 0.717) is 27.2 Å². The van der Waals surface area contributed by atoms with Gasteiger partial charge in [0.2, 0.25) is 5.91 Å². The molecule has 0 fully saturated rings. The first-order valence-corrected chi connectivity index (χ1v) is 12.3. The lowest BCUT2D eigenvalue weighted by molar-refractivity contribution is -0.120. The monoisotopic (exact) mass is 532 g/mol. The Morgan fingerprint density at radius 1 is 1.00 bits per heavy atom. The molecule has 0 bridgehead atoms. The van der Waals surface area contributed by atoms with Gasteiger partial charge >= 0.3 is 0 Å². The van der Waals surface area contributed by atoms with Crippen LogP contribution in [0.2, 0.25) is 0 Å². The molecular formula is C24H25BrN2O5S. The van der Waals surface area contributed by atoms with Crippen molar-refractivity contribution in [2.45, 2.75) is 17.9 Å². The molecule has 0 aliphatic heterocycles. The number of ether oxygens (including phenoxy) is 2. The van der Waals surface area contributed by atoms with Crippen LogP contribution < -0.4 is 19.1 Å². The number of anilines is 1. The van der Waals surface area contributed by atoms with E-state index in [4.69, 9.17) is 9.47 Å². The van der Waals surface area contributed by atoms with Crippen molar-refractivity contribution >= 4 is 37.5 Å². The number of carbonyl (C=O) groups is 1. The second kappa shape index (κ2) is 10.7. The van der Waals surface area contributed by atoms with Crippen LogP contribution in [0.5, 0.6) is 11.5 Å². The number of halogens is 1. The minimum absolute atomic E-state index is 0.0975. The van der Waals surface area contributed by atoms with Crippen LogP contribution in [-0.2, 0) is 14.8 Å². The van der Waals surface area contributed by atoms with Gasteiger partial charge in [-0.2, -0.15) is 0 Å². The Kier molecular flexibility index (Phi) is 7.99. The van der Waals surface area contributed by atoms with Crippen molar-refractivity contribution in [1.82, 2.24) is 5.32 Å². The number of rotatable bonds is 9. The summed E-state index contributed by atoms with van der Waals surface area (Å²) < 4.78 is 39.3. The molecule has 0 heterocycles. The van der Waals surface area contributed by atoms with Crippen molar-refractivity contribution in [3.05, 3.63) is 82.8 Å². The predicted molar refractivity (Wildman–Crippen MR) is 131 cm³/mol. The Morgan fingerprint density at radius 3 is 2.36 bits per heavy atom. The lowest BCUT2D eigenvalue weighted by Gasteiger charge is -2.25. The normalized spacial score (nSPS) is 12.0. The molecule has 9 heteroatoms. The zero-order chi connectivity index (χ0) is 24.0. The summed E-state index contributed by atoms with van der Waals surface area (Å²) in [5.74, 6) is 0.741. The molecule has 1 atom stereocenters. The fraction of sp³-hybridized carbons (Fsp3) is 0.208. The third-order valence-electron chi connectivity index (χ3n) is 5.00. The molecule has 7 nitrogen and oxygen atoms in total. The smallest absolute Gasteiger partial charge is 0.264 e. The molecule has 1 N–H and O–H groups in total. The van der Waals surface area contributed by atoms with Crippen molar-refractivity contribution < 1.29 is 22.7 Å². The zero-order valence-electron chi connectivity index (χ0n) is 18.5. The van der Waals surface area contributed by atoms with Crippen molar-refractivity contribution in [1.29, 1.82) is 0 Å². The highest BCUT2D eigenvalue weighted by Gasteiger charge is 2.28. The minimum Gasteiger partial charge on any atom is -0.497 e. The molecule has 0 aliphatic rings. The van der Waals surface area contributed by atoms with Gasteiger partial charge in [0.15, 0.2) is 0 Å². The predicted octanol–water partition coefficient (Wildman–Crippen LogP) is 4.54. The van der Waals surface area contributed by atoms with E-state index < -0.39 is 28.5 Å². The Labute approximate surface area is 202 Å². The molecule has 3 aromatic rings. The van der Waals surface area contributed by atoms with Gasteiger partial charge in [-0.05, 0) is 55.5 Å². The number of methoxy groups -OCH3 is 2. The van der Waals surface area contributed by atoms with E-state index >= 15 is 0 Å². The summed E-state index contributed by atoms with van der Waals surface area (Å²) in [5.41, 5.74) is 1.08. The number of amides is 1. The molecular weight excluding hydrogens is 508 g/mol. The quantitative estimate of drug-likeness (QED) is 0.437. The van der Waals surface area contributed by atoms with E-state index in [0.717, 1.165) is 4.31 Å². The largest absolute Gasteiger partial charge is 0.497 e. The molecule has 0 saturated carbocycles. The number of sulfonamides is 1. The first kappa shape index (κ1) is 24.6. The first-order valence-electron chi connectivity index (χ1n) is 10.1. The van der Waals surface area contributed by atoms with Crippen LogP contribution in [0.3, 0.4) is 0 Å². The molecule has 0 saturated heterocycles. The zero-order valence-corrected chi connectivity index (χ0v) is 20.9. The van der Waals surface area contributed by atoms with E-state index in [1.54, 1.807) is 81.8 Å². The standard InChI is InChI=1S/C24H25BrN2O5S/c1-17(22-15-20(31-2)12-13-23(22)32-3)26-24(28)16-27(19-9-7-8-18(25)14-19)33(29,30)21-10-5-4-6-11-21/h4-15,17H,16H2,1-3H3,(H,26,28)/t17-/m1/s1.